The summed E-state index contributed by atoms with van der Waals surface area (Å²) in [5.41, 5.74) is 13.8. The molecule has 0 aromatic heterocycles. The van der Waals surface area contributed by atoms with Crippen LogP contribution in [0.15, 0.2) is 96.0 Å². The summed E-state index contributed by atoms with van der Waals surface area (Å²) in [5, 5.41) is 27.7. The fourth-order valence-electron chi connectivity index (χ4n) is 7.67. The summed E-state index contributed by atoms with van der Waals surface area (Å²) < 4.78 is 31.7. The number of carboxylic acids is 2. The molecule has 0 aliphatic carbocycles. The third kappa shape index (κ3) is 15.7. The van der Waals surface area contributed by atoms with Gasteiger partial charge in [0.25, 0.3) is 0 Å². The molecule has 6 atom stereocenters. The molecule has 2 aliphatic heterocycles. The maximum atomic E-state index is 14.3. The standard InChI is InChI=1S/C42H52N8O7.C2HF3O2/c43-42(44)46-21-10-17-31(39(55)49-33(26-37(52)53)38(54)45-22-20-27-11-4-1-5-12-27)48-40(56)35-25-30(23-28-13-6-2-7-14-28)34-19-18-32(41(57)50(34)35)47-36(51)24-29-15-8-3-9-16-29;3-2(4,5)1(6)7/h1-9,11-16,30-35H,10,17-26H2,(H,45,54)(H,47,51)(H,48,56)(H,49,55)(H,52,53)(H4,43,44,46);(H,6,7)/t30-,31+,32?,33+,34-,35+;/m1./s1. The number of fused-ring (bicyclic) bond motifs is 1. The van der Waals surface area contributed by atoms with Crippen molar-refractivity contribution in [3.05, 3.63) is 108 Å². The van der Waals surface area contributed by atoms with Gasteiger partial charge in [0.15, 0.2) is 5.96 Å². The van der Waals surface area contributed by atoms with Crippen LogP contribution in [0.2, 0.25) is 0 Å². The molecular formula is C44H53F3N8O9. The van der Waals surface area contributed by atoms with E-state index in [1.54, 1.807) is 4.90 Å². The zero-order valence-electron chi connectivity index (χ0n) is 34.8. The van der Waals surface area contributed by atoms with Crippen LogP contribution in [0.3, 0.4) is 0 Å². The van der Waals surface area contributed by atoms with Crippen molar-refractivity contribution in [3.63, 3.8) is 0 Å². The van der Waals surface area contributed by atoms with Crippen LogP contribution in [0, 0.1) is 5.92 Å². The summed E-state index contributed by atoms with van der Waals surface area (Å²) in [7, 11) is 0. The van der Waals surface area contributed by atoms with Crippen molar-refractivity contribution in [2.75, 3.05) is 13.1 Å². The van der Waals surface area contributed by atoms with E-state index in [0.29, 0.717) is 32.1 Å². The number of rotatable bonds is 19. The number of aliphatic imine (C=N–C) groups is 1. The van der Waals surface area contributed by atoms with Crippen LogP contribution in [0.4, 0.5) is 13.2 Å². The smallest absolute Gasteiger partial charge is 0.481 e. The Labute approximate surface area is 367 Å². The molecule has 2 heterocycles. The second kappa shape index (κ2) is 24.0. The Kier molecular flexibility index (Phi) is 18.6. The molecule has 5 rings (SSSR count). The Balaban J connectivity index is 0.00000118. The SMILES string of the molecule is NC(N)=NCCC[C@H](NC(=O)[C@@H]1C[C@@H](Cc2ccccc2)[C@H]2CCC(NC(=O)Cc3ccccc3)C(=O)N21)C(=O)N[C@@H](CC(=O)O)C(=O)NCCc1ccccc1.O=C(O)C(F)(F)F. The number of alkyl halides is 3. The minimum Gasteiger partial charge on any atom is -0.481 e. The van der Waals surface area contributed by atoms with Gasteiger partial charge in [-0.2, -0.15) is 13.2 Å². The lowest BCUT2D eigenvalue weighted by Crippen LogP contribution is -2.61. The van der Waals surface area contributed by atoms with Crippen molar-refractivity contribution >= 4 is 47.4 Å². The molecule has 20 heteroatoms. The Morgan fingerprint density at radius 3 is 1.94 bits per heavy atom. The van der Waals surface area contributed by atoms with Crippen LogP contribution >= 0.6 is 0 Å². The Morgan fingerprint density at radius 2 is 1.38 bits per heavy atom. The molecule has 10 N–H and O–H groups in total. The highest BCUT2D eigenvalue weighted by atomic mass is 19.4. The number of hydrogen-bond acceptors (Lipinski definition) is 8. The third-order valence-corrected chi connectivity index (χ3v) is 10.6. The zero-order chi connectivity index (χ0) is 46.8. The predicted molar refractivity (Wildman–Crippen MR) is 227 cm³/mol. The van der Waals surface area contributed by atoms with E-state index in [1.165, 1.54) is 0 Å². The summed E-state index contributed by atoms with van der Waals surface area (Å²) in [5.74, 6) is -7.01. The molecule has 0 radical (unpaired) electrons. The highest BCUT2D eigenvalue weighted by Crippen LogP contribution is 2.39. The monoisotopic (exact) mass is 894 g/mol. The average Bonchev–Trinajstić information content (AvgIpc) is 3.62. The average molecular weight is 895 g/mol. The first-order valence-corrected chi connectivity index (χ1v) is 20.6. The molecule has 344 valence electrons. The van der Waals surface area contributed by atoms with E-state index in [4.69, 9.17) is 21.4 Å². The molecule has 1 unspecified atom stereocenters. The number of guanidine groups is 1. The minimum absolute atomic E-state index is 0.0411. The van der Waals surface area contributed by atoms with Gasteiger partial charge in [-0.15, -0.1) is 0 Å². The van der Waals surface area contributed by atoms with Gasteiger partial charge >= 0.3 is 18.1 Å². The summed E-state index contributed by atoms with van der Waals surface area (Å²) in [6, 6.07) is 23.6. The first kappa shape index (κ1) is 49.7. The van der Waals surface area contributed by atoms with Crippen LogP contribution in [-0.4, -0.2) is 112 Å². The van der Waals surface area contributed by atoms with Gasteiger partial charge in [0.1, 0.15) is 24.2 Å². The molecule has 3 aromatic rings. The second-order valence-corrected chi connectivity index (χ2v) is 15.4. The van der Waals surface area contributed by atoms with Gasteiger partial charge in [-0.25, -0.2) is 4.79 Å². The first-order chi connectivity index (χ1) is 30.4. The lowest BCUT2D eigenvalue weighted by atomic mass is 9.86. The number of carbonyl (C=O) groups excluding carboxylic acids is 5. The molecule has 17 nitrogen and oxygen atoms in total. The van der Waals surface area contributed by atoms with Crippen molar-refractivity contribution in [1.29, 1.82) is 0 Å². The molecule has 5 amide bonds. The van der Waals surface area contributed by atoms with E-state index in [9.17, 15) is 47.0 Å². The molecule has 0 bridgehead atoms. The van der Waals surface area contributed by atoms with E-state index in [2.05, 4.69) is 26.3 Å². The summed E-state index contributed by atoms with van der Waals surface area (Å²) in [6.07, 6.45) is -2.99. The number of nitrogens with zero attached hydrogens (tertiary/aromatic N) is 2. The van der Waals surface area contributed by atoms with Gasteiger partial charge < -0.3 is 47.8 Å². The summed E-state index contributed by atoms with van der Waals surface area (Å²) in [6.45, 7) is 0.345. The van der Waals surface area contributed by atoms with Gasteiger partial charge in [-0.1, -0.05) is 91.0 Å². The van der Waals surface area contributed by atoms with Crippen LogP contribution in [-0.2, 0) is 52.8 Å². The number of amides is 5. The largest absolute Gasteiger partial charge is 0.490 e. The van der Waals surface area contributed by atoms with E-state index in [-0.39, 0.29) is 62.1 Å². The van der Waals surface area contributed by atoms with Crippen molar-refractivity contribution in [2.45, 2.75) is 94.2 Å². The summed E-state index contributed by atoms with van der Waals surface area (Å²) >= 11 is 0. The van der Waals surface area contributed by atoms with E-state index >= 15 is 0 Å². The number of halogens is 3. The zero-order valence-corrected chi connectivity index (χ0v) is 34.8. The maximum absolute atomic E-state index is 14.3. The number of nitrogens with one attached hydrogen (secondary N) is 4. The van der Waals surface area contributed by atoms with Gasteiger partial charge in [-0.05, 0) is 67.6 Å². The number of carbonyl (C=O) groups is 7. The van der Waals surface area contributed by atoms with Crippen LogP contribution in [0.1, 0.15) is 55.2 Å². The Hall–Kier alpha value is -6.99. The molecule has 64 heavy (non-hydrogen) atoms. The topological polar surface area (TPSA) is 276 Å². The van der Waals surface area contributed by atoms with E-state index < -0.39 is 66.4 Å². The van der Waals surface area contributed by atoms with Crippen LogP contribution in [0.5, 0.6) is 0 Å². The normalized spacial score (nSPS) is 18.7. The van der Waals surface area contributed by atoms with Crippen molar-refractivity contribution in [3.8, 4) is 0 Å². The lowest BCUT2D eigenvalue weighted by molar-refractivity contribution is -0.192. The highest BCUT2D eigenvalue weighted by Gasteiger charge is 2.51. The molecule has 0 spiro atoms. The first-order valence-electron chi connectivity index (χ1n) is 20.6. The van der Waals surface area contributed by atoms with Crippen LogP contribution < -0.4 is 32.7 Å². The number of carboxylic acid groups (broad SMARTS) is 2. The highest BCUT2D eigenvalue weighted by molar-refractivity contribution is 5.97. The molecular weight excluding hydrogens is 842 g/mol. The Morgan fingerprint density at radius 1 is 0.797 bits per heavy atom. The Bertz CT molecular complexity index is 2090. The molecule has 2 aliphatic rings. The number of piperidine rings is 1. The quantitative estimate of drug-likeness (QED) is 0.0489. The second-order valence-electron chi connectivity index (χ2n) is 15.4. The number of nitrogens with two attached hydrogens (primary N) is 2. The minimum atomic E-state index is -5.08. The number of benzene rings is 3. The fraction of sp³-hybridized carbons (Fsp3) is 0.409. The molecule has 2 saturated heterocycles. The summed E-state index contributed by atoms with van der Waals surface area (Å²) in [4.78, 5) is 94.9. The molecule has 3 aromatic carbocycles. The van der Waals surface area contributed by atoms with Gasteiger partial charge in [0, 0.05) is 19.1 Å². The van der Waals surface area contributed by atoms with Gasteiger partial charge in [0.2, 0.25) is 29.5 Å². The van der Waals surface area contributed by atoms with E-state index in [0.717, 1.165) is 16.7 Å². The predicted octanol–water partition coefficient (Wildman–Crippen LogP) is 1.83. The van der Waals surface area contributed by atoms with Gasteiger partial charge in [-0.3, -0.25) is 33.8 Å². The maximum Gasteiger partial charge on any atom is 0.490 e. The third-order valence-electron chi connectivity index (χ3n) is 10.6. The molecule has 2 fully saturated rings. The number of hydrogen-bond donors (Lipinski definition) is 8. The lowest BCUT2D eigenvalue weighted by Gasteiger charge is -2.39. The van der Waals surface area contributed by atoms with Crippen LogP contribution in [0.25, 0.3) is 0 Å². The number of aliphatic carboxylic acids is 2. The van der Waals surface area contributed by atoms with Gasteiger partial charge in [0.05, 0.1) is 12.8 Å². The van der Waals surface area contributed by atoms with Crippen molar-refractivity contribution in [2.24, 2.45) is 22.4 Å². The van der Waals surface area contributed by atoms with Crippen molar-refractivity contribution in [1.82, 2.24) is 26.2 Å². The van der Waals surface area contributed by atoms with E-state index in [1.807, 2.05) is 91.0 Å². The fourth-order valence-corrected chi connectivity index (χ4v) is 7.67. The van der Waals surface area contributed by atoms with Crippen molar-refractivity contribution < 1.29 is 56.9 Å². The molecule has 0 saturated carbocycles.